The minimum Gasteiger partial charge on any atom is -0.489 e. The fraction of sp³-hybridized carbons (Fsp3) is 0.345. The monoisotopic (exact) mass is 614 g/mol. The number of carbonyl (C=O) groups excluding carboxylic acids is 2. The van der Waals surface area contributed by atoms with Gasteiger partial charge in [-0.25, -0.2) is 0 Å². The second-order valence-corrected chi connectivity index (χ2v) is 9.61. The van der Waals surface area contributed by atoms with Gasteiger partial charge in [0.15, 0.2) is 11.5 Å². The van der Waals surface area contributed by atoms with Crippen molar-refractivity contribution in [3.8, 4) is 17.2 Å². The van der Waals surface area contributed by atoms with Gasteiger partial charge in [-0.15, -0.1) is 0 Å². The number of hydrogen-bond donors (Lipinski definition) is 1. The Morgan fingerprint density at radius 1 is 0.976 bits per heavy atom. The number of rotatable bonds is 12. The van der Waals surface area contributed by atoms with Crippen molar-refractivity contribution in [1.29, 1.82) is 0 Å². The van der Waals surface area contributed by atoms with E-state index in [0.717, 1.165) is 12.8 Å². The van der Waals surface area contributed by atoms with Crippen molar-refractivity contribution in [3.63, 3.8) is 0 Å². The van der Waals surface area contributed by atoms with Crippen molar-refractivity contribution in [2.45, 2.75) is 53.3 Å². The Bertz CT molecular complexity index is 1300. The summed E-state index contributed by atoms with van der Waals surface area (Å²) in [5.41, 5.74) is 0.682. The Labute approximate surface area is 247 Å². The van der Waals surface area contributed by atoms with Crippen LogP contribution < -0.4 is 18.9 Å². The van der Waals surface area contributed by atoms with Crippen LogP contribution in [0.25, 0.3) is 0 Å². The highest BCUT2D eigenvalue weighted by atomic mass is 35.5. The Morgan fingerprint density at radius 3 is 2.24 bits per heavy atom. The van der Waals surface area contributed by atoms with E-state index < -0.39 is 31.1 Å². The van der Waals surface area contributed by atoms with Gasteiger partial charge in [0.2, 0.25) is 12.4 Å². The van der Waals surface area contributed by atoms with Crippen LogP contribution in [0.5, 0.6) is 17.2 Å². The molecule has 0 bridgehead atoms. The second-order valence-electron chi connectivity index (χ2n) is 8.80. The Morgan fingerprint density at radius 2 is 1.63 bits per heavy atom. The van der Waals surface area contributed by atoms with Crippen LogP contribution in [0.1, 0.15) is 51.3 Å². The first-order valence-corrected chi connectivity index (χ1v) is 12.7. The molecule has 1 aromatic heterocycles. The highest BCUT2D eigenvalue weighted by molar-refractivity contribution is 6.35. The van der Waals surface area contributed by atoms with Gasteiger partial charge in [-0.05, 0) is 48.6 Å². The van der Waals surface area contributed by atoms with Crippen molar-refractivity contribution in [2.24, 2.45) is 5.92 Å². The predicted molar refractivity (Wildman–Crippen MR) is 148 cm³/mol. The van der Waals surface area contributed by atoms with Crippen LogP contribution in [-0.2, 0) is 20.7 Å². The summed E-state index contributed by atoms with van der Waals surface area (Å²) >= 11 is 12.5. The molecule has 1 atom stereocenters. The lowest BCUT2D eigenvalue weighted by Gasteiger charge is -2.21. The first-order valence-electron chi connectivity index (χ1n) is 11.9. The third kappa shape index (κ3) is 10.1. The molecular formula is C29H32Cl2F2NO7+. The summed E-state index contributed by atoms with van der Waals surface area (Å²) in [7, 11) is 0. The van der Waals surface area contributed by atoms with E-state index in [4.69, 9.17) is 37.4 Å². The predicted octanol–water partition coefficient (Wildman–Crippen LogP) is 7.00. The largest absolute Gasteiger partial charge is 0.489 e. The van der Waals surface area contributed by atoms with E-state index in [1.54, 1.807) is 30.3 Å². The normalized spacial score (nSPS) is 12.9. The molecule has 0 aliphatic heterocycles. The van der Waals surface area contributed by atoms with E-state index in [1.807, 2.05) is 0 Å². The fourth-order valence-corrected chi connectivity index (χ4v) is 4.25. The van der Waals surface area contributed by atoms with Gasteiger partial charge in [-0.2, -0.15) is 8.78 Å². The number of carbonyl (C=O) groups is 2. The maximum atomic E-state index is 13.0. The molecule has 1 saturated carbocycles. The number of para-hydroxylation sites is 1. The van der Waals surface area contributed by atoms with Gasteiger partial charge in [0, 0.05) is 16.7 Å². The number of pyridine rings is 1. The average molecular weight is 615 g/mol. The summed E-state index contributed by atoms with van der Waals surface area (Å²) in [6.45, 7) is -2.76. The number of ether oxygens (including phenoxy) is 4. The van der Waals surface area contributed by atoms with E-state index in [2.05, 4.69) is 4.74 Å². The van der Waals surface area contributed by atoms with Crippen LogP contribution in [0, 0.1) is 5.92 Å². The van der Waals surface area contributed by atoms with Gasteiger partial charge in [0.1, 0.15) is 28.3 Å². The third-order valence-corrected chi connectivity index (χ3v) is 6.37. The topological polar surface area (TPSA) is 95.2 Å². The molecule has 0 unspecified atom stereocenters. The first-order chi connectivity index (χ1) is 18.7. The molecule has 222 valence electrons. The average Bonchev–Trinajstić information content (AvgIpc) is 3.69. The van der Waals surface area contributed by atoms with Crippen LogP contribution >= 0.6 is 23.2 Å². The smallest absolute Gasteiger partial charge is 0.387 e. The minimum absolute atomic E-state index is 0. The molecule has 1 aliphatic rings. The van der Waals surface area contributed by atoms with E-state index in [1.165, 1.54) is 30.6 Å². The fourth-order valence-electron chi connectivity index (χ4n) is 3.64. The molecule has 3 aromatic rings. The minimum atomic E-state index is -3.07. The van der Waals surface area contributed by atoms with Crippen LogP contribution in [0.4, 0.5) is 8.78 Å². The third-order valence-electron chi connectivity index (χ3n) is 5.72. The summed E-state index contributed by atoms with van der Waals surface area (Å²) < 4.78 is 47.8. The van der Waals surface area contributed by atoms with Crippen molar-refractivity contribution in [2.75, 3.05) is 6.61 Å². The van der Waals surface area contributed by atoms with Gasteiger partial charge >= 0.3 is 18.6 Å². The van der Waals surface area contributed by atoms with Gasteiger partial charge in [-0.3, -0.25) is 14.8 Å². The van der Waals surface area contributed by atoms with Crippen molar-refractivity contribution in [3.05, 3.63) is 82.1 Å². The van der Waals surface area contributed by atoms with Crippen LogP contribution in [0.15, 0.2) is 60.9 Å². The highest BCUT2D eigenvalue weighted by Gasteiger charge is 2.27. The van der Waals surface area contributed by atoms with Crippen LogP contribution in [0.3, 0.4) is 0 Å². The molecule has 1 heterocycles. The molecule has 1 N–H and O–H groups in total. The van der Waals surface area contributed by atoms with Gasteiger partial charge < -0.3 is 18.9 Å². The van der Waals surface area contributed by atoms with E-state index in [9.17, 15) is 23.6 Å². The maximum Gasteiger partial charge on any atom is 0.387 e. The molecule has 1 aliphatic carbocycles. The lowest BCUT2D eigenvalue weighted by Crippen LogP contribution is -2.29. The molecule has 0 spiro atoms. The first kappa shape index (κ1) is 33.6. The standard InChI is InChI=1S/C27H24Cl2F2NO7.2CH4/c28-20-13-32(35)14-21(29)19(20)11-23(38-26(34)12-25(33)37-18-4-2-1-3-5-18)17-8-9-22(39-27(30)31)24(10-17)36-15-16-6-7-16;;/h1-5,8-10,13-14,16,23,27,35H,6-7,11-12,15H2;2*1H4/q+1;;/t23-;;/m0../s1. The number of benzene rings is 2. The number of hydrogen-bond acceptors (Lipinski definition) is 7. The second kappa shape index (κ2) is 15.4. The molecule has 8 nitrogen and oxygen atoms in total. The molecule has 41 heavy (non-hydrogen) atoms. The Hall–Kier alpha value is -3.63. The highest BCUT2D eigenvalue weighted by Crippen LogP contribution is 2.37. The zero-order valence-electron chi connectivity index (χ0n) is 20.4. The summed E-state index contributed by atoms with van der Waals surface area (Å²) in [6.07, 6.45) is 2.49. The van der Waals surface area contributed by atoms with Crippen molar-refractivity contribution >= 4 is 35.1 Å². The van der Waals surface area contributed by atoms with Gasteiger partial charge in [0.05, 0.1) is 6.61 Å². The molecular weight excluding hydrogens is 583 g/mol. The SMILES string of the molecule is C.C.O=C(CC(=O)O[C@@H](Cc1c(Cl)c[n+](O)cc1Cl)c1ccc(OC(F)F)c(OCC2CC2)c1)Oc1ccccc1. The summed E-state index contributed by atoms with van der Waals surface area (Å²) in [5, 5.41) is 9.86. The summed E-state index contributed by atoms with van der Waals surface area (Å²) in [4.78, 5) is 25.1. The van der Waals surface area contributed by atoms with E-state index in [-0.39, 0.29) is 48.6 Å². The number of nitrogens with zero attached hydrogens (tertiary/aromatic N) is 1. The Kier molecular flexibility index (Phi) is 12.6. The molecule has 0 radical (unpaired) electrons. The molecule has 12 heteroatoms. The van der Waals surface area contributed by atoms with Crippen molar-refractivity contribution in [1.82, 2.24) is 0 Å². The number of aromatic nitrogens is 1. The number of alkyl halides is 2. The lowest BCUT2D eigenvalue weighted by molar-refractivity contribution is -0.904. The van der Waals surface area contributed by atoms with E-state index >= 15 is 0 Å². The molecule has 0 amide bonds. The Balaban J connectivity index is 0.00000294. The van der Waals surface area contributed by atoms with Crippen molar-refractivity contribution < 1.29 is 47.3 Å². The van der Waals surface area contributed by atoms with Crippen LogP contribution in [0.2, 0.25) is 10.0 Å². The number of esters is 2. The summed E-state index contributed by atoms with van der Waals surface area (Å²) in [5.74, 6) is -1.29. The zero-order valence-corrected chi connectivity index (χ0v) is 21.9. The van der Waals surface area contributed by atoms with E-state index in [0.29, 0.717) is 28.4 Å². The van der Waals surface area contributed by atoms with Gasteiger partial charge in [-0.1, -0.05) is 62.3 Å². The molecule has 4 rings (SSSR count). The lowest BCUT2D eigenvalue weighted by atomic mass is 10.0. The number of halogens is 4. The van der Waals surface area contributed by atoms with Gasteiger partial charge in [0.25, 0.3) is 0 Å². The quantitative estimate of drug-likeness (QED) is 0.0771. The maximum absolute atomic E-state index is 13.0. The summed E-state index contributed by atoms with van der Waals surface area (Å²) in [6, 6.07) is 12.3. The molecule has 1 fully saturated rings. The zero-order chi connectivity index (χ0) is 27.9. The van der Waals surface area contributed by atoms with Crippen LogP contribution in [-0.4, -0.2) is 30.4 Å². The molecule has 2 aromatic carbocycles. The molecule has 0 saturated heterocycles.